The molecule has 0 bridgehead atoms. The van der Waals surface area contributed by atoms with Crippen molar-refractivity contribution in [3.8, 4) is 0 Å². The smallest absolute Gasteiger partial charge is 0.264 e. The molecule has 1 fully saturated rings. The van der Waals surface area contributed by atoms with Crippen LogP contribution in [0.4, 0.5) is 5.69 Å². The number of nitrogens with one attached hydrogen (secondary N) is 1. The van der Waals surface area contributed by atoms with Gasteiger partial charge in [-0.2, -0.15) is 0 Å². The van der Waals surface area contributed by atoms with Crippen molar-refractivity contribution in [2.45, 2.75) is 13.0 Å². The average molecular weight is 233 g/mol. The molecule has 5 heteroatoms. The first-order valence-electron chi connectivity index (χ1n) is 5.80. The van der Waals surface area contributed by atoms with Crippen molar-refractivity contribution in [2.24, 2.45) is 0 Å². The Bertz CT molecular complexity index is 587. The number of hydrogen-bond acceptors (Lipinski definition) is 3. The molecule has 0 amide bonds. The van der Waals surface area contributed by atoms with E-state index in [0.29, 0.717) is 0 Å². The predicted octanol–water partition coefficient (Wildman–Crippen LogP) is 0.853. The fourth-order valence-electron chi connectivity index (χ4n) is 2.24. The Balaban J connectivity index is 1.96. The second-order valence-corrected chi connectivity index (χ2v) is 4.43. The summed E-state index contributed by atoms with van der Waals surface area (Å²) in [6.07, 6.45) is 2.21. The molecule has 0 aliphatic carbocycles. The number of morpholine rings is 1. The van der Waals surface area contributed by atoms with Gasteiger partial charge in [-0.3, -0.25) is 14.4 Å². The number of pyridine rings is 1. The SMILES string of the molecule is C[C@H]1CN(c2ccc3cc(=O)[nH]n3c2)CCO1. The highest BCUT2D eigenvalue weighted by Crippen LogP contribution is 2.17. The number of rotatable bonds is 1. The minimum atomic E-state index is -0.0718. The van der Waals surface area contributed by atoms with E-state index in [1.165, 1.54) is 0 Å². The van der Waals surface area contributed by atoms with E-state index in [1.807, 2.05) is 18.3 Å². The number of H-pyrrole nitrogens is 1. The number of aromatic nitrogens is 2. The summed E-state index contributed by atoms with van der Waals surface area (Å²) >= 11 is 0. The van der Waals surface area contributed by atoms with Gasteiger partial charge in [0.25, 0.3) is 5.56 Å². The van der Waals surface area contributed by atoms with Gasteiger partial charge in [0.15, 0.2) is 0 Å². The molecule has 17 heavy (non-hydrogen) atoms. The van der Waals surface area contributed by atoms with Gasteiger partial charge in [-0.25, -0.2) is 0 Å². The molecular formula is C12H15N3O2. The predicted molar refractivity (Wildman–Crippen MR) is 65.6 cm³/mol. The van der Waals surface area contributed by atoms with Crippen molar-refractivity contribution in [3.05, 3.63) is 34.7 Å². The van der Waals surface area contributed by atoms with E-state index in [0.717, 1.165) is 30.9 Å². The van der Waals surface area contributed by atoms with E-state index >= 15 is 0 Å². The van der Waals surface area contributed by atoms with E-state index in [9.17, 15) is 4.79 Å². The Morgan fingerprint density at radius 3 is 3.18 bits per heavy atom. The van der Waals surface area contributed by atoms with Crippen LogP contribution in [0.2, 0.25) is 0 Å². The molecule has 1 atom stereocenters. The maximum Gasteiger partial charge on any atom is 0.264 e. The van der Waals surface area contributed by atoms with Gasteiger partial charge in [-0.15, -0.1) is 0 Å². The Morgan fingerprint density at radius 2 is 2.35 bits per heavy atom. The monoisotopic (exact) mass is 233 g/mol. The molecule has 5 nitrogen and oxygen atoms in total. The van der Waals surface area contributed by atoms with E-state index in [2.05, 4.69) is 16.9 Å². The first-order valence-corrected chi connectivity index (χ1v) is 5.80. The van der Waals surface area contributed by atoms with Gasteiger partial charge in [0.1, 0.15) is 0 Å². The lowest BCUT2D eigenvalue weighted by Crippen LogP contribution is -2.41. The van der Waals surface area contributed by atoms with Crippen LogP contribution in [0, 0.1) is 0 Å². The summed E-state index contributed by atoms with van der Waals surface area (Å²) in [5.74, 6) is 0. The van der Waals surface area contributed by atoms with Crippen LogP contribution in [0.15, 0.2) is 29.2 Å². The van der Waals surface area contributed by atoms with Gasteiger partial charge >= 0.3 is 0 Å². The van der Waals surface area contributed by atoms with E-state index < -0.39 is 0 Å². The third-order valence-corrected chi connectivity index (χ3v) is 3.08. The number of hydrogen-bond donors (Lipinski definition) is 1. The third kappa shape index (κ3) is 1.93. The van der Waals surface area contributed by atoms with Crippen LogP contribution in [0.5, 0.6) is 0 Å². The number of aromatic amines is 1. The molecule has 0 aromatic carbocycles. The Labute approximate surface area is 98.6 Å². The summed E-state index contributed by atoms with van der Waals surface area (Å²) in [6.45, 7) is 4.60. The fraction of sp³-hybridized carbons (Fsp3) is 0.417. The minimum absolute atomic E-state index is 0.0718. The third-order valence-electron chi connectivity index (χ3n) is 3.08. The van der Waals surface area contributed by atoms with Crippen molar-refractivity contribution in [3.63, 3.8) is 0 Å². The second-order valence-electron chi connectivity index (χ2n) is 4.43. The molecule has 1 saturated heterocycles. The summed E-state index contributed by atoms with van der Waals surface area (Å²) in [7, 11) is 0. The number of ether oxygens (including phenoxy) is 1. The molecule has 2 aromatic heterocycles. The van der Waals surface area contributed by atoms with Gasteiger partial charge < -0.3 is 9.64 Å². The largest absolute Gasteiger partial charge is 0.375 e. The molecular weight excluding hydrogens is 218 g/mol. The van der Waals surface area contributed by atoms with Crippen LogP contribution in [-0.4, -0.2) is 35.4 Å². The van der Waals surface area contributed by atoms with Crippen molar-refractivity contribution in [1.82, 2.24) is 9.61 Å². The molecule has 3 heterocycles. The highest BCUT2D eigenvalue weighted by molar-refractivity contribution is 5.54. The molecule has 1 N–H and O–H groups in total. The van der Waals surface area contributed by atoms with Crippen LogP contribution >= 0.6 is 0 Å². The molecule has 1 aliphatic rings. The molecule has 0 spiro atoms. The van der Waals surface area contributed by atoms with Crippen LogP contribution in [0.1, 0.15) is 6.92 Å². The molecule has 90 valence electrons. The highest BCUT2D eigenvalue weighted by atomic mass is 16.5. The van der Waals surface area contributed by atoms with E-state index in [1.54, 1.807) is 10.6 Å². The molecule has 0 unspecified atom stereocenters. The average Bonchev–Trinajstić information content (AvgIpc) is 2.68. The quantitative estimate of drug-likeness (QED) is 0.794. The minimum Gasteiger partial charge on any atom is -0.375 e. The second kappa shape index (κ2) is 3.92. The highest BCUT2D eigenvalue weighted by Gasteiger charge is 2.17. The first-order chi connectivity index (χ1) is 8.22. The maximum absolute atomic E-state index is 11.2. The summed E-state index contributed by atoms with van der Waals surface area (Å²) < 4.78 is 7.28. The van der Waals surface area contributed by atoms with Crippen molar-refractivity contribution in [2.75, 3.05) is 24.6 Å². The van der Waals surface area contributed by atoms with Crippen LogP contribution in [0.25, 0.3) is 5.52 Å². The number of nitrogens with zero attached hydrogens (tertiary/aromatic N) is 2. The lowest BCUT2D eigenvalue weighted by molar-refractivity contribution is 0.0532. The molecule has 2 aromatic rings. The topological polar surface area (TPSA) is 49.7 Å². The zero-order valence-corrected chi connectivity index (χ0v) is 9.72. The lowest BCUT2D eigenvalue weighted by atomic mass is 10.2. The van der Waals surface area contributed by atoms with Gasteiger partial charge in [0.2, 0.25) is 0 Å². The lowest BCUT2D eigenvalue weighted by Gasteiger charge is -2.32. The van der Waals surface area contributed by atoms with Crippen LogP contribution < -0.4 is 10.5 Å². The zero-order valence-electron chi connectivity index (χ0n) is 9.72. The summed E-state index contributed by atoms with van der Waals surface area (Å²) in [4.78, 5) is 13.5. The van der Waals surface area contributed by atoms with Crippen LogP contribution in [-0.2, 0) is 4.74 Å². The molecule has 1 aliphatic heterocycles. The van der Waals surface area contributed by atoms with Crippen molar-refractivity contribution in [1.29, 1.82) is 0 Å². The Kier molecular flexibility index (Phi) is 2.40. The van der Waals surface area contributed by atoms with Gasteiger partial charge in [-0.05, 0) is 19.1 Å². The maximum atomic E-state index is 11.2. The molecule has 3 rings (SSSR count). The number of fused-ring (bicyclic) bond motifs is 1. The van der Waals surface area contributed by atoms with Crippen LogP contribution in [0.3, 0.4) is 0 Å². The summed E-state index contributed by atoms with van der Waals surface area (Å²) in [6, 6.07) is 5.58. The van der Waals surface area contributed by atoms with Gasteiger partial charge in [0.05, 0.1) is 30.1 Å². The van der Waals surface area contributed by atoms with Gasteiger partial charge in [0, 0.05) is 19.2 Å². The standard InChI is InChI=1S/C12H15N3O2/c1-9-7-14(4-5-17-9)11-3-2-10-6-12(16)13-15(10)8-11/h2-3,6,8-9H,4-5,7H2,1H3,(H,13,16)/t9-/m0/s1. The molecule has 0 radical (unpaired) electrons. The van der Waals surface area contributed by atoms with Gasteiger partial charge in [-0.1, -0.05) is 0 Å². The van der Waals surface area contributed by atoms with Crippen molar-refractivity contribution >= 4 is 11.2 Å². The summed E-state index contributed by atoms with van der Waals surface area (Å²) in [5.41, 5.74) is 1.93. The zero-order chi connectivity index (χ0) is 11.8. The van der Waals surface area contributed by atoms with E-state index in [-0.39, 0.29) is 11.7 Å². The summed E-state index contributed by atoms with van der Waals surface area (Å²) in [5, 5.41) is 2.75. The molecule has 0 saturated carbocycles. The fourth-order valence-corrected chi connectivity index (χ4v) is 2.24. The Hall–Kier alpha value is -1.75. The number of anilines is 1. The van der Waals surface area contributed by atoms with Crippen molar-refractivity contribution < 1.29 is 4.74 Å². The Morgan fingerprint density at radius 1 is 1.47 bits per heavy atom. The van der Waals surface area contributed by atoms with E-state index in [4.69, 9.17) is 4.74 Å². The normalized spacial score (nSPS) is 21.0. The first kappa shape index (κ1) is 10.4.